The van der Waals surface area contributed by atoms with Gasteiger partial charge in [-0.3, -0.25) is 24.6 Å². The Bertz CT molecular complexity index is 866. The van der Waals surface area contributed by atoms with Gasteiger partial charge in [0.15, 0.2) is 0 Å². The molecule has 1 saturated carbocycles. The minimum absolute atomic E-state index is 0.0293. The summed E-state index contributed by atoms with van der Waals surface area (Å²) < 4.78 is 0. The second-order valence-electron chi connectivity index (χ2n) is 8.22. The number of nitrogens with zero attached hydrogens (tertiary/aromatic N) is 4. The third kappa shape index (κ3) is 3.71. The van der Waals surface area contributed by atoms with Crippen molar-refractivity contribution in [3.63, 3.8) is 0 Å². The molecule has 0 unspecified atom stereocenters. The van der Waals surface area contributed by atoms with E-state index in [-0.39, 0.29) is 23.5 Å². The highest BCUT2D eigenvalue weighted by Crippen LogP contribution is 2.36. The molecular weight excluding hydrogens is 384 g/mol. The first kappa shape index (κ1) is 20.5. The van der Waals surface area contributed by atoms with Crippen molar-refractivity contribution >= 4 is 23.1 Å². The summed E-state index contributed by atoms with van der Waals surface area (Å²) in [6.07, 6.45) is 4.89. The van der Waals surface area contributed by atoms with Crippen LogP contribution in [0.15, 0.2) is 30.0 Å². The topological polar surface area (TPSA) is 87.0 Å². The van der Waals surface area contributed by atoms with E-state index in [1.165, 1.54) is 17.0 Å². The lowest BCUT2D eigenvalue weighted by atomic mass is 9.94. The summed E-state index contributed by atoms with van der Waals surface area (Å²) in [6, 6.07) is 5.92. The van der Waals surface area contributed by atoms with Crippen molar-refractivity contribution < 1.29 is 14.5 Å². The maximum absolute atomic E-state index is 13.5. The summed E-state index contributed by atoms with van der Waals surface area (Å²) in [4.78, 5) is 43.4. The average molecular weight is 412 g/mol. The molecule has 1 aromatic carbocycles. The molecule has 4 rings (SSSR count). The van der Waals surface area contributed by atoms with Crippen molar-refractivity contribution in [1.29, 1.82) is 0 Å². The number of benzene rings is 1. The summed E-state index contributed by atoms with van der Waals surface area (Å²) in [6.45, 7) is 6.15. The van der Waals surface area contributed by atoms with Crippen molar-refractivity contribution in [2.45, 2.75) is 45.1 Å². The number of non-ortho nitro benzene ring substituents is 1. The van der Waals surface area contributed by atoms with E-state index in [0.717, 1.165) is 51.7 Å². The Morgan fingerprint density at radius 3 is 2.17 bits per heavy atom. The van der Waals surface area contributed by atoms with Gasteiger partial charge in [-0.25, -0.2) is 0 Å². The Kier molecular flexibility index (Phi) is 5.85. The highest BCUT2D eigenvalue weighted by molar-refractivity contribution is 6.35. The molecule has 0 spiro atoms. The van der Waals surface area contributed by atoms with E-state index < -0.39 is 4.92 Å². The molecule has 8 nitrogen and oxygen atoms in total. The molecule has 8 heteroatoms. The van der Waals surface area contributed by atoms with Gasteiger partial charge in [0.05, 0.1) is 10.5 Å². The fraction of sp³-hybridized carbons (Fsp3) is 0.545. The zero-order valence-electron chi connectivity index (χ0n) is 17.4. The molecule has 160 valence electrons. The second kappa shape index (κ2) is 8.55. The maximum atomic E-state index is 13.5. The smallest absolute Gasteiger partial charge is 0.278 e. The van der Waals surface area contributed by atoms with Gasteiger partial charge in [0.2, 0.25) is 0 Å². The van der Waals surface area contributed by atoms with Gasteiger partial charge >= 0.3 is 0 Å². The molecule has 1 aromatic rings. The molecule has 0 atom stereocenters. The third-order valence-corrected chi connectivity index (χ3v) is 6.53. The number of likely N-dealkylation sites (N-methyl/N-ethyl adjacent to an activating group) is 1. The van der Waals surface area contributed by atoms with Crippen LogP contribution in [0.4, 0.5) is 5.69 Å². The van der Waals surface area contributed by atoms with Crippen LogP contribution in [0.25, 0.3) is 5.57 Å². The van der Waals surface area contributed by atoms with Crippen LogP contribution in [-0.4, -0.2) is 70.2 Å². The molecule has 0 bridgehead atoms. The van der Waals surface area contributed by atoms with Crippen LogP contribution >= 0.6 is 0 Å². The monoisotopic (exact) mass is 412 g/mol. The van der Waals surface area contributed by atoms with Gasteiger partial charge in [0.1, 0.15) is 5.70 Å². The molecule has 2 fully saturated rings. The van der Waals surface area contributed by atoms with Crippen LogP contribution in [0.1, 0.15) is 44.6 Å². The molecule has 0 aromatic heterocycles. The molecule has 1 aliphatic carbocycles. The number of hydrogen-bond acceptors (Lipinski definition) is 6. The van der Waals surface area contributed by atoms with Crippen LogP contribution in [0.3, 0.4) is 0 Å². The van der Waals surface area contributed by atoms with Crippen LogP contribution < -0.4 is 0 Å². The number of nitro groups is 1. The fourth-order valence-electron chi connectivity index (χ4n) is 4.80. The van der Waals surface area contributed by atoms with E-state index in [1.807, 2.05) is 4.90 Å². The molecule has 2 heterocycles. The average Bonchev–Trinajstić information content (AvgIpc) is 3.04. The van der Waals surface area contributed by atoms with Gasteiger partial charge in [0, 0.05) is 44.4 Å². The summed E-state index contributed by atoms with van der Waals surface area (Å²) >= 11 is 0. The number of carbonyl (C=O) groups is 2. The number of imide groups is 1. The van der Waals surface area contributed by atoms with Gasteiger partial charge in [-0.05, 0) is 37.1 Å². The largest absolute Gasteiger partial charge is 0.364 e. The number of amides is 2. The van der Waals surface area contributed by atoms with Crippen molar-refractivity contribution in [1.82, 2.24) is 14.7 Å². The maximum Gasteiger partial charge on any atom is 0.278 e. The molecule has 0 N–H and O–H groups in total. The quantitative estimate of drug-likeness (QED) is 0.420. The van der Waals surface area contributed by atoms with E-state index in [4.69, 9.17) is 0 Å². The highest BCUT2D eigenvalue weighted by atomic mass is 16.6. The van der Waals surface area contributed by atoms with E-state index in [0.29, 0.717) is 29.9 Å². The standard InChI is InChI=1S/C22H28N4O4/c1-2-23-12-14-24(15-13-23)20-19(16-8-10-18(11-9-16)26(29)30)21(27)25(22(20)28)17-6-4-3-5-7-17/h8-11,17H,2-7,12-15H2,1H3. The molecular formula is C22H28N4O4. The lowest BCUT2D eigenvalue weighted by Crippen LogP contribution is -2.48. The van der Waals surface area contributed by atoms with Crippen molar-refractivity contribution in [2.24, 2.45) is 0 Å². The minimum atomic E-state index is -0.459. The summed E-state index contributed by atoms with van der Waals surface area (Å²) in [5.41, 5.74) is 1.41. The van der Waals surface area contributed by atoms with Crippen LogP contribution in [0.5, 0.6) is 0 Å². The molecule has 1 saturated heterocycles. The first-order valence-electron chi connectivity index (χ1n) is 10.9. The predicted octanol–water partition coefficient (Wildman–Crippen LogP) is 2.64. The van der Waals surface area contributed by atoms with Crippen LogP contribution in [0.2, 0.25) is 0 Å². The van der Waals surface area contributed by atoms with Gasteiger partial charge in [-0.1, -0.05) is 26.2 Å². The lowest BCUT2D eigenvalue weighted by molar-refractivity contribution is -0.384. The predicted molar refractivity (Wildman–Crippen MR) is 112 cm³/mol. The van der Waals surface area contributed by atoms with Gasteiger partial charge in [-0.2, -0.15) is 0 Å². The zero-order chi connectivity index (χ0) is 21.3. The first-order valence-corrected chi connectivity index (χ1v) is 10.9. The van der Waals surface area contributed by atoms with Crippen LogP contribution in [-0.2, 0) is 9.59 Å². The molecule has 2 aliphatic heterocycles. The van der Waals surface area contributed by atoms with E-state index in [9.17, 15) is 19.7 Å². The van der Waals surface area contributed by atoms with E-state index in [2.05, 4.69) is 11.8 Å². The minimum Gasteiger partial charge on any atom is -0.364 e. The van der Waals surface area contributed by atoms with Gasteiger partial charge < -0.3 is 9.80 Å². The van der Waals surface area contributed by atoms with Gasteiger partial charge in [-0.15, -0.1) is 0 Å². The Balaban J connectivity index is 1.71. The van der Waals surface area contributed by atoms with Crippen molar-refractivity contribution in [3.05, 3.63) is 45.6 Å². The van der Waals surface area contributed by atoms with E-state index in [1.54, 1.807) is 12.1 Å². The zero-order valence-corrected chi connectivity index (χ0v) is 17.4. The molecule has 0 radical (unpaired) electrons. The van der Waals surface area contributed by atoms with Crippen LogP contribution in [0, 0.1) is 10.1 Å². The normalized spacial score (nSPS) is 21.6. The summed E-state index contributed by atoms with van der Waals surface area (Å²) in [7, 11) is 0. The Morgan fingerprint density at radius 1 is 0.967 bits per heavy atom. The van der Waals surface area contributed by atoms with E-state index >= 15 is 0 Å². The highest BCUT2D eigenvalue weighted by Gasteiger charge is 2.45. The number of nitro benzene ring substituents is 1. The lowest BCUT2D eigenvalue weighted by Gasteiger charge is -2.36. The molecule has 30 heavy (non-hydrogen) atoms. The molecule has 3 aliphatic rings. The first-order chi connectivity index (χ1) is 14.5. The summed E-state index contributed by atoms with van der Waals surface area (Å²) in [5, 5.41) is 11.0. The van der Waals surface area contributed by atoms with Crippen molar-refractivity contribution in [2.75, 3.05) is 32.7 Å². The Hall–Kier alpha value is -2.74. The Labute approximate surface area is 176 Å². The van der Waals surface area contributed by atoms with Gasteiger partial charge in [0.25, 0.3) is 17.5 Å². The SMILES string of the molecule is CCN1CCN(C2=C(c3ccc([N+](=O)[O-])cc3)C(=O)N(C3CCCCC3)C2=O)CC1. The summed E-state index contributed by atoms with van der Waals surface area (Å²) in [5.74, 6) is -0.459. The second-order valence-corrected chi connectivity index (χ2v) is 8.22. The Morgan fingerprint density at radius 2 is 1.60 bits per heavy atom. The number of hydrogen-bond donors (Lipinski definition) is 0. The third-order valence-electron chi connectivity index (χ3n) is 6.53. The number of piperazine rings is 1. The molecule has 2 amide bonds. The fourth-order valence-corrected chi connectivity index (χ4v) is 4.80. The number of rotatable bonds is 5. The van der Waals surface area contributed by atoms with Crippen molar-refractivity contribution in [3.8, 4) is 0 Å². The number of carbonyl (C=O) groups excluding carboxylic acids is 2.